The molecular weight excluding hydrogens is 461 g/mol. The van der Waals surface area contributed by atoms with Gasteiger partial charge >= 0.3 is 6.18 Å². The maximum absolute atomic E-state index is 13.1. The standard InChI is InChI=1S/C22H19F3N2O3S2/c1-30-18-9-4-3-8-16(18)27-17(13-21(26)22(23,24)25)20-11-10-19(31-20)14-6-5-7-15(12-14)32(2,28)29/h3-13,26-27H,1-2H3/b17-13-,26-21?. The van der Waals surface area contributed by atoms with Crippen molar-refractivity contribution < 1.29 is 26.3 Å². The van der Waals surface area contributed by atoms with Crippen LogP contribution in [0, 0.1) is 5.41 Å². The minimum absolute atomic E-state index is 0.0624. The second-order valence-electron chi connectivity index (χ2n) is 6.76. The molecule has 0 amide bonds. The lowest BCUT2D eigenvalue weighted by Crippen LogP contribution is -2.20. The van der Waals surface area contributed by atoms with Crippen LogP contribution < -0.4 is 10.1 Å². The van der Waals surface area contributed by atoms with Crippen molar-refractivity contribution in [1.82, 2.24) is 0 Å². The molecule has 0 spiro atoms. The van der Waals surface area contributed by atoms with Crippen molar-refractivity contribution in [1.29, 1.82) is 5.41 Å². The molecule has 0 atom stereocenters. The number of allylic oxidation sites excluding steroid dienone is 1. The van der Waals surface area contributed by atoms with E-state index in [1.165, 1.54) is 30.6 Å². The quantitative estimate of drug-likeness (QED) is 0.415. The van der Waals surface area contributed by atoms with E-state index < -0.39 is 21.7 Å². The Kier molecular flexibility index (Phi) is 6.75. The summed E-state index contributed by atoms with van der Waals surface area (Å²) in [5.41, 5.74) is -0.395. The zero-order chi connectivity index (χ0) is 23.5. The SMILES string of the molecule is COc1ccccc1N/C(=C\C(=N)C(F)(F)F)c1ccc(-c2cccc(S(C)(=O)=O)c2)s1. The molecule has 2 aromatic carbocycles. The average Bonchev–Trinajstić information content (AvgIpc) is 3.22. The Balaban J connectivity index is 2.04. The molecule has 0 aliphatic carbocycles. The topological polar surface area (TPSA) is 79.2 Å². The molecule has 1 heterocycles. The van der Waals surface area contributed by atoms with E-state index in [0.29, 0.717) is 26.8 Å². The van der Waals surface area contributed by atoms with Crippen LogP contribution in [-0.4, -0.2) is 33.7 Å². The van der Waals surface area contributed by atoms with Gasteiger partial charge in [-0.25, -0.2) is 8.42 Å². The fourth-order valence-electron chi connectivity index (χ4n) is 2.81. The van der Waals surface area contributed by atoms with Crippen LogP contribution >= 0.6 is 11.3 Å². The van der Waals surface area contributed by atoms with Crippen LogP contribution in [0.2, 0.25) is 0 Å². The number of nitrogens with one attached hydrogen (secondary N) is 2. The number of methoxy groups -OCH3 is 1. The van der Waals surface area contributed by atoms with Gasteiger partial charge in [-0.05, 0) is 48.0 Å². The summed E-state index contributed by atoms with van der Waals surface area (Å²) in [5, 5.41) is 10.3. The Morgan fingerprint density at radius 3 is 2.47 bits per heavy atom. The fourth-order valence-corrected chi connectivity index (χ4v) is 4.45. The second-order valence-corrected chi connectivity index (χ2v) is 9.86. The van der Waals surface area contributed by atoms with E-state index in [4.69, 9.17) is 10.1 Å². The lowest BCUT2D eigenvalue weighted by atomic mass is 10.2. The van der Waals surface area contributed by atoms with Gasteiger partial charge in [-0.15, -0.1) is 11.3 Å². The largest absolute Gasteiger partial charge is 0.495 e. The first kappa shape index (κ1) is 23.6. The number of ether oxygens (including phenoxy) is 1. The van der Waals surface area contributed by atoms with Crippen LogP contribution in [0.1, 0.15) is 4.88 Å². The van der Waals surface area contributed by atoms with Crippen molar-refractivity contribution in [2.45, 2.75) is 11.1 Å². The van der Waals surface area contributed by atoms with Gasteiger partial charge in [-0.1, -0.05) is 24.3 Å². The Bertz CT molecular complexity index is 1280. The number of para-hydroxylation sites is 2. The molecule has 0 saturated carbocycles. The number of rotatable bonds is 7. The molecule has 2 N–H and O–H groups in total. The van der Waals surface area contributed by atoms with Gasteiger partial charge in [-0.2, -0.15) is 13.2 Å². The van der Waals surface area contributed by atoms with E-state index in [1.54, 1.807) is 48.5 Å². The van der Waals surface area contributed by atoms with E-state index in [-0.39, 0.29) is 10.6 Å². The molecule has 32 heavy (non-hydrogen) atoms. The van der Waals surface area contributed by atoms with Crippen molar-refractivity contribution in [2.75, 3.05) is 18.7 Å². The third-order valence-corrected chi connectivity index (χ3v) is 6.67. The second kappa shape index (κ2) is 9.17. The molecule has 3 aromatic rings. The zero-order valence-electron chi connectivity index (χ0n) is 17.0. The van der Waals surface area contributed by atoms with Crippen molar-refractivity contribution in [3.63, 3.8) is 0 Å². The van der Waals surface area contributed by atoms with Crippen LogP contribution in [0.25, 0.3) is 16.1 Å². The van der Waals surface area contributed by atoms with Gasteiger partial charge in [0.1, 0.15) is 11.5 Å². The third-order valence-electron chi connectivity index (χ3n) is 4.39. The van der Waals surface area contributed by atoms with Crippen molar-refractivity contribution in [3.05, 3.63) is 71.6 Å². The molecule has 0 unspecified atom stereocenters. The lowest BCUT2D eigenvalue weighted by molar-refractivity contribution is -0.0583. The Hall–Kier alpha value is -3.11. The first-order valence-corrected chi connectivity index (χ1v) is 11.9. The Morgan fingerprint density at radius 1 is 1.09 bits per heavy atom. The predicted molar refractivity (Wildman–Crippen MR) is 121 cm³/mol. The first-order chi connectivity index (χ1) is 15.0. The zero-order valence-corrected chi connectivity index (χ0v) is 18.7. The van der Waals surface area contributed by atoms with E-state index in [1.807, 2.05) is 0 Å². The summed E-state index contributed by atoms with van der Waals surface area (Å²) in [7, 11) is -1.97. The van der Waals surface area contributed by atoms with Gasteiger partial charge < -0.3 is 10.1 Å². The third kappa shape index (κ3) is 5.57. The van der Waals surface area contributed by atoms with Crippen molar-refractivity contribution in [3.8, 4) is 16.2 Å². The molecule has 0 saturated heterocycles. The Morgan fingerprint density at radius 2 is 1.81 bits per heavy atom. The normalized spacial score (nSPS) is 12.5. The molecule has 10 heteroatoms. The summed E-state index contributed by atoms with van der Waals surface area (Å²) < 4.78 is 68.1. The first-order valence-electron chi connectivity index (χ1n) is 9.17. The highest BCUT2D eigenvalue weighted by Crippen LogP contribution is 2.35. The highest BCUT2D eigenvalue weighted by atomic mass is 32.2. The molecule has 0 aliphatic heterocycles. The number of halogens is 3. The van der Waals surface area contributed by atoms with Crippen LogP contribution in [0.5, 0.6) is 5.75 Å². The van der Waals surface area contributed by atoms with Crippen LogP contribution in [0.15, 0.2) is 71.6 Å². The van der Waals surface area contributed by atoms with Gasteiger partial charge in [0, 0.05) is 11.1 Å². The lowest BCUT2D eigenvalue weighted by Gasteiger charge is -2.14. The number of hydrogen-bond acceptors (Lipinski definition) is 6. The maximum atomic E-state index is 13.1. The highest BCUT2D eigenvalue weighted by molar-refractivity contribution is 7.90. The molecule has 0 aliphatic rings. The predicted octanol–water partition coefficient (Wildman–Crippen LogP) is 5.86. The number of alkyl halides is 3. The van der Waals surface area contributed by atoms with Crippen LogP contribution in [-0.2, 0) is 9.84 Å². The molecule has 5 nitrogen and oxygen atoms in total. The fraction of sp³-hybridized carbons (Fsp3) is 0.136. The van der Waals surface area contributed by atoms with E-state index >= 15 is 0 Å². The summed E-state index contributed by atoms with van der Waals surface area (Å²) in [4.78, 5) is 1.24. The summed E-state index contributed by atoms with van der Waals surface area (Å²) in [6.45, 7) is 0. The maximum Gasteiger partial charge on any atom is 0.432 e. The number of thiophene rings is 1. The van der Waals surface area contributed by atoms with E-state index in [0.717, 1.165) is 12.3 Å². The molecule has 1 aromatic heterocycles. The summed E-state index contributed by atoms with van der Waals surface area (Å²) in [6.07, 6.45) is -2.99. The molecule has 0 bridgehead atoms. The van der Waals surface area contributed by atoms with Crippen molar-refractivity contribution >= 4 is 38.3 Å². The van der Waals surface area contributed by atoms with Crippen LogP contribution in [0.4, 0.5) is 18.9 Å². The van der Waals surface area contributed by atoms with E-state index in [2.05, 4.69) is 5.32 Å². The summed E-state index contributed by atoms with van der Waals surface area (Å²) in [5.74, 6) is 0.426. The van der Waals surface area contributed by atoms with Gasteiger partial charge in [0.15, 0.2) is 9.84 Å². The molecule has 0 fully saturated rings. The van der Waals surface area contributed by atoms with Gasteiger partial charge in [0.2, 0.25) is 0 Å². The Labute approximate surface area is 187 Å². The molecule has 3 rings (SSSR count). The number of hydrogen-bond donors (Lipinski definition) is 2. The minimum atomic E-state index is -4.81. The van der Waals surface area contributed by atoms with Gasteiger partial charge in [-0.3, -0.25) is 5.41 Å². The minimum Gasteiger partial charge on any atom is -0.495 e. The number of anilines is 1. The monoisotopic (exact) mass is 480 g/mol. The van der Waals surface area contributed by atoms with Gasteiger partial charge in [0.05, 0.1) is 28.3 Å². The van der Waals surface area contributed by atoms with Crippen LogP contribution in [0.3, 0.4) is 0 Å². The summed E-state index contributed by atoms with van der Waals surface area (Å²) >= 11 is 1.17. The molecular formula is C22H19F3N2O3S2. The highest BCUT2D eigenvalue weighted by Gasteiger charge is 2.33. The van der Waals surface area contributed by atoms with Gasteiger partial charge in [0.25, 0.3) is 0 Å². The van der Waals surface area contributed by atoms with Crippen molar-refractivity contribution in [2.24, 2.45) is 0 Å². The number of benzene rings is 2. The number of sulfone groups is 1. The molecule has 168 valence electrons. The smallest absolute Gasteiger partial charge is 0.432 e. The van der Waals surface area contributed by atoms with E-state index in [9.17, 15) is 21.6 Å². The average molecular weight is 481 g/mol. The molecule has 0 radical (unpaired) electrons. The summed E-state index contributed by atoms with van der Waals surface area (Å²) in [6, 6.07) is 16.4.